The maximum absolute atomic E-state index is 13.0. The molecule has 2 aliphatic rings. The van der Waals surface area contributed by atoms with E-state index in [1.54, 1.807) is 4.90 Å². The molecule has 2 unspecified atom stereocenters. The van der Waals surface area contributed by atoms with E-state index in [1.807, 2.05) is 23.9 Å². The Morgan fingerprint density at radius 2 is 1.74 bits per heavy atom. The molecule has 2 heterocycles. The van der Waals surface area contributed by atoms with Gasteiger partial charge in [-0.3, -0.25) is 19.7 Å². The van der Waals surface area contributed by atoms with Crippen LogP contribution in [0.2, 0.25) is 0 Å². The van der Waals surface area contributed by atoms with Gasteiger partial charge in [0.15, 0.2) is 0 Å². The number of benzene rings is 1. The maximum atomic E-state index is 13.0. The van der Waals surface area contributed by atoms with Crippen molar-refractivity contribution in [3.05, 3.63) is 29.3 Å². The monoisotopic (exact) mass is 523 g/mol. The van der Waals surface area contributed by atoms with Crippen molar-refractivity contribution >= 4 is 29.5 Å². The molecule has 0 aliphatic carbocycles. The van der Waals surface area contributed by atoms with E-state index in [1.165, 1.54) is 56.3 Å². The van der Waals surface area contributed by atoms with Crippen LogP contribution in [0.3, 0.4) is 0 Å². The Kier molecular flexibility index (Phi) is 11.6. The molecule has 6 nitrogen and oxygen atoms in total. The molecule has 8 heteroatoms. The van der Waals surface area contributed by atoms with Gasteiger partial charge < -0.3 is 21.8 Å². The number of carbonyl (C=O) groups is 3. The zero-order chi connectivity index (χ0) is 24.7. The number of piperidine rings is 1. The highest BCUT2D eigenvalue weighted by atomic mass is 35.5. The Labute approximate surface area is 221 Å². The SMILES string of the molecule is CC[N+](CC)(CC)CCCCCCC(C)Sc1cccc2c1CN(C1CCC(=O)NC1=O)C2=O.[Cl-]. The van der Waals surface area contributed by atoms with Gasteiger partial charge in [-0.15, -0.1) is 11.8 Å². The number of unbranched alkanes of at least 4 members (excludes halogenated alkanes) is 3. The Balaban J connectivity index is 0.00000432. The predicted molar refractivity (Wildman–Crippen MR) is 138 cm³/mol. The predicted octanol–water partition coefficient (Wildman–Crippen LogP) is 1.76. The fourth-order valence-electron chi connectivity index (χ4n) is 5.32. The second-order valence-electron chi connectivity index (χ2n) is 9.83. The highest BCUT2D eigenvalue weighted by Crippen LogP contribution is 2.37. The summed E-state index contributed by atoms with van der Waals surface area (Å²) in [6.45, 7) is 14.6. The number of fused-ring (bicyclic) bond motifs is 1. The van der Waals surface area contributed by atoms with Crippen molar-refractivity contribution in [1.82, 2.24) is 10.2 Å². The Hall–Kier alpha value is -1.57. The van der Waals surface area contributed by atoms with Crippen molar-refractivity contribution in [3.63, 3.8) is 0 Å². The highest BCUT2D eigenvalue weighted by Gasteiger charge is 2.39. The number of halogens is 1. The highest BCUT2D eigenvalue weighted by molar-refractivity contribution is 8.00. The number of imide groups is 1. The summed E-state index contributed by atoms with van der Waals surface area (Å²) in [5.41, 5.74) is 1.73. The summed E-state index contributed by atoms with van der Waals surface area (Å²) in [6.07, 6.45) is 6.96. The molecule has 0 radical (unpaired) electrons. The summed E-state index contributed by atoms with van der Waals surface area (Å²) < 4.78 is 1.24. The number of nitrogens with zero attached hydrogens (tertiary/aromatic N) is 2. The van der Waals surface area contributed by atoms with Gasteiger partial charge in [0.1, 0.15) is 6.04 Å². The summed E-state index contributed by atoms with van der Waals surface area (Å²) >= 11 is 1.84. The molecule has 1 aromatic carbocycles. The molecule has 3 amide bonds. The lowest BCUT2D eigenvalue weighted by molar-refractivity contribution is -0.923. The van der Waals surface area contributed by atoms with Gasteiger partial charge in [-0.25, -0.2) is 0 Å². The third kappa shape index (κ3) is 7.23. The number of thioether (sulfide) groups is 1. The molecule has 196 valence electrons. The van der Waals surface area contributed by atoms with Crippen molar-refractivity contribution in [2.75, 3.05) is 26.2 Å². The van der Waals surface area contributed by atoms with Gasteiger partial charge in [-0.05, 0) is 64.2 Å². The summed E-state index contributed by atoms with van der Waals surface area (Å²) in [7, 11) is 0. The van der Waals surface area contributed by atoms with Gasteiger partial charge in [0.25, 0.3) is 5.91 Å². The molecule has 1 aromatic rings. The average Bonchev–Trinajstić information content (AvgIpc) is 3.16. The van der Waals surface area contributed by atoms with Crippen molar-refractivity contribution < 1.29 is 31.3 Å². The first-order chi connectivity index (χ1) is 16.3. The van der Waals surface area contributed by atoms with Crippen molar-refractivity contribution in [3.8, 4) is 0 Å². The van der Waals surface area contributed by atoms with Gasteiger partial charge >= 0.3 is 0 Å². The molecular weight excluding hydrogens is 482 g/mol. The zero-order valence-corrected chi connectivity index (χ0v) is 23.3. The van der Waals surface area contributed by atoms with E-state index in [0.717, 1.165) is 16.9 Å². The van der Waals surface area contributed by atoms with Crippen molar-refractivity contribution in [2.45, 2.75) is 95.4 Å². The first-order valence-corrected chi connectivity index (χ1v) is 14.0. The minimum absolute atomic E-state index is 0. The number of carbonyl (C=O) groups excluding carboxylic acids is 3. The van der Waals surface area contributed by atoms with Gasteiger partial charge in [0.2, 0.25) is 11.8 Å². The quantitative estimate of drug-likeness (QED) is 0.185. The normalized spacial score (nSPS) is 18.8. The van der Waals surface area contributed by atoms with E-state index in [0.29, 0.717) is 23.8 Å². The molecule has 2 atom stereocenters. The van der Waals surface area contributed by atoms with Crippen molar-refractivity contribution in [1.29, 1.82) is 0 Å². The number of hydrogen-bond donors (Lipinski definition) is 1. The molecule has 3 rings (SSSR count). The third-order valence-corrected chi connectivity index (χ3v) is 9.15. The van der Waals surface area contributed by atoms with Crippen LogP contribution in [0.4, 0.5) is 0 Å². The van der Waals surface area contributed by atoms with Gasteiger partial charge in [-0.1, -0.05) is 25.8 Å². The Morgan fingerprint density at radius 1 is 1.06 bits per heavy atom. The molecular formula is C27H42ClN3O3S. The molecule has 0 saturated carbocycles. The molecule has 1 N–H and O–H groups in total. The second kappa shape index (κ2) is 13.7. The zero-order valence-electron chi connectivity index (χ0n) is 21.8. The maximum Gasteiger partial charge on any atom is 0.255 e. The lowest BCUT2D eigenvalue weighted by Gasteiger charge is -2.35. The van der Waals surface area contributed by atoms with Gasteiger partial charge in [0, 0.05) is 28.7 Å². The topological polar surface area (TPSA) is 66.5 Å². The number of nitrogens with one attached hydrogen (secondary N) is 1. The van der Waals surface area contributed by atoms with Crippen LogP contribution in [-0.4, -0.2) is 64.6 Å². The molecule has 0 spiro atoms. The molecule has 35 heavy (non-hydrogen) atoms. The molecule has 0 bridgehead atoms. The summed E-state index contributed by atoms with van der Waals surface area (Å²) in [5, 5.41) is 2.85. The van der Waals surface area contributed by atoms with Crippen molar-refractivity contribution in [2.24, 2.45) is 0 Å². The van der Waals surface area contributed by atoms with Crippen LogP contribution < -0.4 is 17.7 Å². The van der Waals surface area contributed by atoms with Gasteiger partial charge in [0.05, 0.1) is 26.2 Å². The van der Waals surface area contributed by atoms with E-state index < -0.39 is 6.04 Å². The standard InChI is InChI=1S/C27H41N3O3S.ClH/c1-5-30(6-2,7-3)18-11-9-8-10-13-20(4)34-24-15-12-14-21-22(24)19-29(27(21)33)23-16-17-25(31)28-26(23)32;/h12,14-15,20,23H,5-11,13,16-19H2,1-4H3;1H. The summed E-state index contributed by atoms with van der Waals surface area (Å²) in [5.74, 6) is -0.705. The first-order valence-electron chi connectivity index (χ1n) is 13.1. The van der Waals surface area contributed by atoms with E-state index in [-0.39, 0.29) is 36.5 Å². The number of amides is 3. The van der Waals surface area contributed by atoms with Gasteiger partial charge in [-0.2, -0.15) is 0 Å². The molecule has 2 aliphatic heterocycles. The number of quaternary nitrogens is 1. The van der Waals surface area contributed by atoms with Crippen LogP contribution in [-0.2, 0) is 16.1 Å². The minimum atomic E-state index is -0.557. The molecule has 1 fully saturated rings. The van der Waals surface area contributed by atoms with E-state index in [4.69, 9.17) is 0 Å². The van der Waals surface area contributed by atoms with Crippen LogP contribution >= 0.6 is 11.8 Å². The van der Waals surface area contributed by atoms with E-state index in [2.05, 4.69) is 39.1 Å². The van der Waals surface area contributed by atoms with E-state index in [9.17, 15) is 14.4 Å². The van der Waals surface area contributed by atoms with Crippen LogP contribution in [0.15, 0.2) is 23.1 Å². The fourth-order valence-corrected chi connectivity index (χ4v) is 6.51. The van der Waals surface area contributed by atoms with Crippen LogP contribution in [0.25, 0.3) is 0 Å². The summed E-state index contributed by atoms with van der Waals surface area (Å²) in [6, 6.07) is 5.34. The van der Waals surface area contributed by atoms with E-state index >= 15 is 0 Å². The Morgan fingerprint density at radius 3 is 2.40 bits per heavy atom. The molecule has 1 saturated heterocycles. The minimum Gasteiger partial charge on any atom is -1.00 e. The first kappa shape index (κ1) is 29.7. The van der Waals surface area contributed by atoms with Crippen LogP contribution in [0, 0.1) is 0 Å². The Bertz CT molecular complexity index is 882. The largest absolute Gasteiger partial charge is 1.00 e. The average molecular weight is 524 g/mol. The fraction of sp³-hybridized carbons (Fsp3) is 0.667. The number of rotatable bonds is 13. The van der Waals surface area contributed by atoms with Crippen LogP contribution in [0.1, 0.15) is 88.6 Å². The second-order valence-corrected chi connectivity index (χ2v) is 11.3. The lowest BCUT2D eigenvalue weighted by atomic mass is 10.0. The third-order valence-electron chi connectivity index (χ3n) is 7.87. The smallest absolute Gasteiger partial charge is 0.255 e. The molecule has 0 aromatic heterocycles. The lowest BCUT2D eigenvalue weighted by Crippen LogP contribution is -3.00. The van der Waals surface area contributed by atoms with Crippen LogP contribution in [0.5, 0.6) is 0 Å². The summed E-state index contributed by atoms with van der Waals surface area (Å²) in [4.78, 5) is 39.6. The number of hydrogen-bond acceptors (Lipinski definition) is 4.